The zero-order valence-electron chi connectivity index (χ0n) is 19.8. The molecule has 1 fully saturated rings. The first-order valence-corrected chi connectivity index (χ1v) is 11.4. The first kappa shape index (κ1) is 24.0. The van der Waals surface area contributed by atoms with Gasteiger partial charge in [0.2, 0.25) is 0 Å². The van der Waals surface area contributed by atoms with Gasteiger partial charge in [-0.2, -0.15) is 0 Å². The number of hydrogen-bond acceptors (Lipinski definition) is 6. The molecule has 1 saturated heterocycles. The number of benzene rings is 1. The minimum atomic E-state index is -0.00535. The number of morpholine rings is 1. The second kappa shape index (κ2) is 12.4. The van der Waals surface area contributed by atoms with E-state index in [2.05, 4.69) is 45.6 Å². The van der Waals surface area contributed by atoms with Crippen LogP contribution in [0.5, 0.6) is 5.75 Å². The van der Waals surface area contributed by atoms with Crippen molar-refractivity contribution in [2.24, 2.45) is 12.0 Å². The fourth-order valence-corrected chi connectivity index (χ4v) is 3.45. The van der Waals surface area contributed by atoms with Gasteiger partial charge < -0.3 is 24.7 Å². The van der Waals surface area contributed by atoms with Gasteiger partial charge in [-0.3, -0.25) is 4.90 Å². The lowest BCUT2D eigenvalue weighted by atomic mass is 10.2. The molecule has 0 saturated carbocycles. The normalized spacial score (nSPS) is 16.1. The molecule has 0 amide bonds. The van der Waals surface area contributed by atoms with Gasteiger partial charge in [-0.25, -0.2) is 4.99 Å². The van der Waals surface area contributed by atoms with Crippen LogP contribution in [0.25, 0.3) is 0 Å². The molecule has 0 radical (unpaired) electrons. The fourth-order valence-electron chi connectivity index (χ4n) is 3.45. The van der Waals surface area contributed by atoms with E-state index in [-0.39, 0.29) is 6.10 Å². The van der Waals surface area contributed by atoms with Crippen LogP contribution in [0.2, 0.25) is 0 Å². The Morgan fingerprint density at radius 3 is 2.75 bits per heavy atom. The van der Waals surface area contributed by atoms with E-state index < -0.39 is 0 Å². The van der Waals surface area contributed by atoms with Crippen molar-refractivity contribution in [3.8, 4) is 5.75 Å². The highest BCUT2D eigenvalue weighted by atomic mass is 16.5. The Kier molecular flexibility index (Phi) is 9.30. The Bertz CT molecular complexity index is 862. The number of aromatic nitrogens is 3. The number of aryl methyl sites for hydroxylation is 2. The first-order chi connectivity index (χ1) is 15.5. The van der Waals surface area contributed by atoms with Gasteiger partial charge in [-0.15, -0.1) is 10.2 Å². The van der Waals surface area contributed by atoms with E-state index in [1.807, 2.05) is 36.7 Å². The SMILES string of the molecule is Cc1cccc(OC(C)CNC(=NCc2nnc(C)n2C)NCCCN2CCOCC2)c1. The Labute approximate surface area is 191 Å². The van der Waals surface area contributed by atoms with Gasteiger partial charge in [0.15, 0.2) is 11.8 Å². The van der Waals surface area contributed by atoms with Crippen LogP contribution in [0, 0.1) is 13.8 Å². The molecule has 0 aliphatic carbocycles. The number of nitrogens with one attached hydrogen (secondary N) is 2. The second-order valence-electron chi connectivity index (χ2n) is 8.25. The van der Waals surface area contributed by atoms with E-state index in [0.717, 1.165) is 69.2 Å². The zero-order chi connectivity index (χ0) is 22.8. The Morgan fingerprint density at radius 2 is 2.03 bits per heavy atom. The third-order valence-electron chi connectivity index (χ3n) is 5.49. The van der Waals surface area contributed by atoms with E-state index in [1.54, 1.807) is 0 Å². The summed E-state index contributed by atoms with van der Waals surface area (Å²) < 4.78 is 13.4. The maximum Gasteiger partial charge on any atom is 0.191 e. The van der Waals surface area contributed by atoms with Crippen LogP contribution < -0.4 is 15.4 Å². The summed E-state index contributed by atoms with van der Waals surface area (Å²) >= 11 is 0. The number of rotatable bonds is 10. The minimum absolute atomic E-state index is 0.00535. The van der Waals surface area contributed by atoms with Gasteiger partial charge in [0.05, 0.1) is 19.8 Å². The Hall–Kier alpha value is -2.65. The lowest BCUT2D eigenvalue weighted by Crippen LogP contribution is -2.43. The lowest BCUT2D eigenvalue weighted by molar-refractivity contribution is 0.0376. The fraction of sp³-hybridized carbons (Fsp3) is 0.609. The summed E-state index contributed by atoms with van der Waals surface area (Å²) in [6.45, 7) is 12.7. The highest BCUT2D eigenvalue weighted by Gasteiger charge is 2.11. The first-order valence-electron chi connectivity index (χ1n) is 11.4. The lowest BCUT2D eigenvalue weighted by Gasteiger charge is -2.26. The third-order valence-corrected chi connectivity index (χ3v) is 5.49. The van der Waals surface area contributed by atoms with E-state index in [4.69, 9.17) is 14.5 Å². The molecular formula is C23H37N7O2. The highest BCUT2D eigenvalue weighted by Crippen LogP contribution is 2.13. The van der Waals surface area contributed by atoms with Gasteiger partial charge in [-0.05, 0) is 51.4 Å². The molecule has 32 heavy (non-hydrogen) atoms. The summed E-state index contributed by atoms with van der Waals surface area (Å²) in [4.78, 5) is 7.17. The summed E-state index contributed by atoms with van der Waals surface area (Å²) in [5.74, 6) is 3.35. The molecule has 0 spiro atoms. The monoisotopic (exact) mass is 443 g/mol. The van der Waals surface area contributed by atoms with Gasteiger partial charge in [0, 0.05) is 26.7 Å². The quantitative estimate of drug-likeness (QED) is 0.328. The molecule has 1 aliphatic rings. The second-order valence-corrected chi connectivity index (χ2v) is 8.25. The average molecular weight is 444 g/mol. The van der Waals surface area contributed by atoms with Crippen LogP contribution in [-0.2, 0) is 18.3 Å². The van der Waals surface area contributed by atoms with Crippen molar-refractivity contribution in [1.82, 2.24) is 30.3 Å². The predicted octanol–water partition coefficient (Wildman–Crippen LogP) is 1.66. The third kappa shape index (κ3) is 7.80. The van der Waals surface area contributed by atoms with Crippen LogP contribution in [0.1, 0.15) is 30.6 Å². The Morgan fingerprint density at radius 1 is 1.22 bits per heavy atom. The van der Waals surface area contributed by atoms with Crippen molar-refractivity contribution in [1.29, 1.82) is 0 Å². The molecule has 1 aromatic heterocycles. The molecule has 1 atom stereocenters. The summed E-state index contributed by atoms with van der Waals surface area (Å²) in [5, 5.41) is 15.2. The molecule has 1 aliphatic heterocycles. The van der Waals surface area contributed by atoms with Crippen LogP contribution in [0.4, 0.5) is 0 Å². The van der Waals surface area contributed by atoms with Crippen molar-refractivity contribution in [3.63, 3.8) is 0 Å². The highest BCUT2D eigenvalue weighted by molar-refractivity contribution is 5.79. The Balaban J connectivity index is 1.51. The number of aliphatic imine (C=N–C) groups is 1. The van der Waals surface area contributed by atoms with E-state index in [9.17, 15) is 0 Å². The molecule has 176 valence electrons. The molecule has 2 aromatic rings. The topological polar surface area (TPSA) is 88.8 Å². The molecule has 2 heterocycles. The molecule has 2 N–H and O–H groups in total. The summed E-state index contributed by atoms with van der Waals surface area (Å²) in [6, 6.07) is 8.11. The van der Waals surface area contributed by atoms with Crippen molar-refractivity contribution < 1.29 is 9.47 Å². The van der Waals surface area contributed by atoms with Gasteiger partial charge >= 0.3 is 0 Å². The van der Waals surface area contributed by atoms with Gasteiger partial charge in [0.25, 0.3) is 0 Å². The van der Waals surface area contributed by atoms with E-state index >= 15 is 0 Å². The molecule has 1 aromatic carbocycles. The van der Waals surface area contributed by atoms with Crippen molar-refractivity contribution in [2.75, 3.05) is 45.9 Å². The summed E-state index contributed by atoms with van der Waals surface area (Å²) in [5.41, 5.74) is 1.19. The van der Waals surface area contributed by atoms with Crippen molar-refractivity contribution in [2.45, 2.75) is 39.8 Å². The molecular weight excluding hydrogens is 406 g/mol. The number of guanidine groups is 1. The molecule has 1 unspecified atom stereocenters. The summed E-state index contributed by atoms with van der Waals surface area (Å²) in [7, 11) is 1.96. The zero-order valence-corrected chi connectivity index (χ0v) is 19.8. The largest absolute Gasteiger partial charge is 0.489 e. The molecule has 9 heteroatoms. The van der Waals surface area contributed by atoms with Crippen molar-refractivity contribution in [3.05, 3.63) is 41.5 Å². The maximum atomic E-state index is 6.05. The summed E-state index contributed by atoms with van der Waals surface area (Å²) in [6.07, 6.45) is 1.04. The van der Waals surface area contributed by atoms with Crippen LogP contribution in [0.3, 0.4) is 0 Å². The maximum absolute atomic E-state index is 6.05. The van der Waals surface area contributed by atoms with Crippen LogP contribution in [-0.4, -0.2) is 77.7 Å². The minimum Gasteiger partial charge on any atom is -0.489 e. The van der Waals surface area contributed by atoms with E-state index in [0.29, 0.717) is 13.1 Å². The number of nitrogens with zero attached hydrogens (tertiary/aromatic N) is 5. The van der Waals surface area contributed by atoms with Crippen LogP contribution >= 0.6 is 0 Å². The van der Waals surface area contributed by atoms with Gasteiger partial charge in [0.1, 0.15) is 24.2 Å². The standard InChI is InChI=1S/C23H37N7O2/c1-18-7-5-8-21(15-18)32-19(2)16-25-23(26-17-22-28-27-20(3)29(22)4)24-9-6-10-30-11-13-31-14-12-30/h5,7-8,15,19H,6,9-14,16-17H2,1-4H3,(H2,24,25,26). The van der Waals surface area contributed by atoms with Gasteiger partial charge in [-0.1, -0.05) is 12.1 Å². The molecule has 3 rings (SSSR count). The average Bonchev–Trinajstić information content (AvgIpc) is 3.11. The molecule has 0 bridgehead atoms. The van der Waals surface area contributed by atoms with Crippen molar-refractivity contribution >= 4 is 5.96 Å². The molecule has 9 nitrogen and oxygen atoms in total. The van der Waals surface area contributed by atoms with Crippen LogP contribution in [0.15, 0.2) is 29.3 Å². The van der Waals surface area contributed by atoms with E-state index in [1.165, 1.54) is 5.56 Å². The predicted molar refractivity (Wildman–Crippen MR) is 126 cm³/mol. The smallest absolute Gasteiger partial charge is 0.191 e. The number of ether oxygens (including phenoxy) is 2. The number of hydrogen-bond donors (Lipinski definition) is 2.